The number of aromatic nitrogens is 5. The molecule has 0 unspecified atom stereocenters. The molecule has 9 heteroatoms. The molecule has 96 valence electrons. The van der Waals surface area contributed by atoms with E-state index in [1.807, 2.05) is 0 Å². The third-order valence-corrected chi connectivity index (χ3v) is 2.14. The van der Waals surface area contributed by atoms with Crippen LogP contribution in [-0.4, -0.2) is 41.8 Å². The van der Waals surface area contributed by atoms with Crippen LogP contribution in [0.4, 0.5) is 8.78 Å². The van der Waals surface area contributed by atoms with Gasteiger partial charge in [0.1, 0.15) is 12.2 Å². The molecule has 0 saturated heterocycles. The van der Waals surface area contributed by atoms with E-state index in [1.165, 1.54) is 6.20 Å². The number of rotatable bonds is 5. The molecule has 0 atom stereocenters. The number of hydrogen-bond acceptors (Lipinski definition) is 4. The highest BCUT2D eigenvalue weighted by atomic mass is 19.3. The van der Waals surface area contributed by atoms with E-state index in [1.54, 1.807) is 23.1 Å². The van der Waals surface area contributed by atoms with Crippen molar-refractivity contribution in [3.63, 3.8) is 0 Å². The minimum Gasteiger partial charge on any atom is -0.477 e. The van der Waals surface area contributed by atoms with Gasteiger partial charge in [0.05, 0.1) is 12.7 Å². The molecule has 0 amide bonds. The highest BCUT2D eigenvalue weighted by Gasteiger charge is 2.39. The van der Waals surface area contributed by atoms with Crippen molar-refractivity contribution in [2.75, 3.05) is 0 Å². The second-order valence-electron chi connectivity index (χ2n) is 3.62. The van der Waals surface area contributed by atoms with Crippen molar-refractivity contribution in [3.05, 3.63) is 30.4 Å². The van der Waals surface area contributed by atoms with Gasteiger partial charge in [0.2, 0.25) is 0 Å². The summed E-state index contributed by atoms with van der Waals surface area (Å²) < 4.78 is 28.2. The lowest BCUT2D eigenvalue weighted by Crippen LogP contribution is -2.33. The lowest BCUT2D eigenvalue weighted by molar-refractivity contribution is -0.167. The average molecular weight is 257 g/mol. The normalized spacial score (nSPS) is 11.7. The Morgan fingerprint density at radius 1 is 1.44 bits per heavy atom. The summed E-state index contributed by atoms with van der Waals surface area (Å²) in [6, 6.07) is 1.71. The van der Waals surface area contributed by atoms with Crippen LogP contribution in [0.1, 0.15) is 5.69 Å². The van der Waals surface area contributed by atoms with E-state index in [9.17, 15) is 13.6 Å². The third-order valence-electron chi connectivity index (χ3n) is 2.14. The van der Waals surface area contributed by atoms with Crippen LogP contribution >= 0.6 is 0 Å². The topological polar surface area (TPSA) is 85.8 Å². The van der Waals surface area contributed by atoms with E-state index in [0.717, 1.165) is 4.68 Å². The van der Waals surface area contributed by atoms with Gasteiger partial charge in [-0.15, -0.1) is 5.10 Å². The van der Waals surface area contributed by atoms with Crippen LogP contribution in [0.5, 0.6) is 0 Å². The Labute approximate surface area is 99.6 Å². The number of aliphatic carboxylic acids is 1. The molecule has 0 aliphatic rings. The molecule has 0 aliphatic carbocycles. The quantitative estimate of drug-likeness (QED) is 0.829. The molecule has 0 radical (unpaired) electrons. The van der Waals surface area contributed by atoms with E-state index in [2.05, 4.69) is 15.4 Å². The fourth-order valence-electron chi connectivity index (χ4n) is 1.32. The number of carboxylic acids is 1. The zero-order chi connectivity index (χ0) is 13.2. The molecule has 0 fully saturated rings. The Morgan fingerprint density at radius 3 is 2.83 bits per heavy atom. The standard InChI is InChI=1S/C9H9F2N5O2/c10-9(11,8(17)18)6-16-5-7(13-14-16)4-15-3-1-2-12-15/h1-3,5H,4,6H2,(H,17,18). The van der Waals surface area contributed by atoms with Crippen LogP contribution in [0.25, 0.3) is 0 Å². The maximum Gasteiger partial charge on any atom is 0.376 e. The van der Waals surface area contributed by atoms with Crippen LogP contribution in [0, 0.1) is 0 Å². The van der Waals surface area contributed by atoms with Crippen molar-refractivity contribution in [1.82, 2.24) is 24.8 Å². The molecule has 0 saturated carbocycles. The van der Waals surface area contributed by atoms with Gasteiger partial charge in [-0.25, -0.2) is 9.48 Å². The first-order valence-corrected chi connectivity index (χ1v) is 4.95. The molecule has 0 aliphatic heterocycles. The maximum absolute atomic E-state index is 12.9. The summed E-state index contributed by atoms with van der Waals surface area (Å²) in [6.07, 6.45) is 4.52. The Kier molecular flexibility index (Phi) is 3.04. The fourth-order valence-corrected chi connectivity index (χ4v) is 1.32. The van der Waals surface area contributed by atoms with Crippen LogP contribution in [0.2, 0.25) is 0 Å². The molecular weight excluding hydrogens is 248 g/mol. The van der Waals surface area contributed by atoms with Gasteiger partial charge in [0.15, 0.2) is 0 Å². The van der Waals surface area contributed by atoms with E-state index in [4.69, 9.17) is 5.11 Å². The summed E-state index contributed by atoms with van der Waals surface area (Å²) in [7, 11) is 0. The molecule has 18 heavy (non-hydrogen) atoms. The van der Waals surface area contributed by atoms with Crippen molar-refractivity contribution in [2.45, 2.75) is 19.0 Å². The number of carbonyl (C=O) groups is 1. The molecule has 2 aromatic heterocycles. The summed E-state index contributed by atoms with van der Waals surface area (Å²) in [5.41, 5.74) is 0.417. The third kappa shape index (κ3) is 2.67. The summed E-state index contributed by atoms with van der Waals surface area (Å²) in [5, 5.41) is 19.3. The van der Waals surface area contributed by atoms with Crippen LogP contribution < -0.4 is 0 Å². The largest absolute Gasteiger partial charge is 0.477 e. The van der Waals surface area contributed by atoms with Crippen molar-refractivity contribution in [2.24, 2.45) is 0 Å². The number of halogens is 2. The molecule has 1 N–H and O–H groups in total. The summed E-state index contributed by atoms with van der Waals surface area (Å²) >= 11 is 0. The van der Waals surface area contributed by atoms with Gasteiger partial charge in [0, 0.05) is 12.4 Å². The van der Waals surface area contributed by atoms with Crippen molar-refractivity contribution < 1.29 is 18.7 Å². The zero-order valence-electron chi connectivity index (χ0n) is 9.07. The van der Waals surface area contributed by atoms with Crippen LogP contribution in [-0.2, 0) is 17.9 Å². The summed E-state index contributed by atoms with van der Waals surface area (Å²) in [6.45, 7) is -0.764. The second kappa shape index (κ2) is 4.51. The number of nitrogens with zero attached hydrogens (tertiary/aromatic N) is 5. The smallest absolute Gasteiger partial charge is 0.376 e. The average Bonchev–Trinajstić information content (AvgIpc) is 2.90. The number of hydrogen-bond donors (Lipinski definition) is 1. The van der Waals surface area contributed by atoms with E-state index in [-0.39, 0.29) is 6.54 Å². The SMILES string of the molecule is O=C(O)C(F)(F)Cn1cc(Cn2cccn2)nn1. The van der Waals surface area contributed by atoms with Gasteiger partial charge in [-0.2, -0.15) is 13.9 Å². The number of carboxylic acid groups (broad SMARTS) is 1. The summed E-state index contributed by atoms with van der Waals surface area (Å²) in [5.74, 6) is -6.05. The predicted molar refractivity (Wildman–Crippen MR) is 53.9 cm³/mol. The second-order valence-corrected chi connectivity index (χ2v) is 3.62. The number of alkyl halides is 2. The molecule has 2 heterocycles. The lowest BCUT2D eigenvalue weighted by Gasteiger charge is -2.09. The highest BCUT2D eigenvalue weighted by Crippen LogP contribution is 2.15. The Bertz CT molecular complexity index is 537. The molecule has 2 aromatic rings. The van der Waals surface area contributed by atoms with Crippen molar-refractivity contribution in [1.29, 1.82) is 0 Å². The van der Waals surface area contributed by atoms with Crippen LogP contribution in [0.3, 0.4) is 0 Å². The predicted octanol–water partition coefficient (Wildman–Crippen LogP) is 0.243. The Morgan fingerprint density at radius 2 is 2.22 bits per heavy atom. The van der Waals surface area contributed by atoms with E-state index < -0.39 is 18.4 Å². The molecule has 0 spiro atoms. The Hall–Kier alpha value is -2.32. The highest BCUT2D eigenvalue weighted by molar-refractivity contribution is 5.75. The lowest BCUT2D eigenvalue weighted by atomic mass is 10.3. The fraction of sp³-hybridized carbons (Fsp3) is 0.333. The summed E-state index contributed by atoms with van der Waals surface area (Å²) in [4.78, 5) is 10.3. The molecule has 0 aromatic carbocycles. The minimum atomic E-state index is -3.86. The van der Waals surface area contributed by atoms with E-state index >= 15 is 0 Å². The van der Waals surface area contributed by atoms with Gasteiger partial charge >= 0.3 is 11.9 Å². The van der Waals surface area contributed by atoms with E-state index in [0.29, 0.717) is 5.69 Å². The van der Waals surface area contributed by atoms with Crippen molar-refractivity contribution >= 4 is 5.97 Å². The van der Waals surface area contributed by atoms with Gasteiger partial charge in [-0.05, 0) is 6.07 Å². The first-order chi connectivity index (χ1) is 8.47. The monoisotopic (exact) mass is 257 g/mol. The molecule has 2 rings (SSSR count). The zero-order valence-corrected chi connectivity index (χ0v) is 9.07. The van der Waals surface area contributed by atoms with Gasteiger partial charge < -0.3 is 5.11 Å². The molecule has 7 nitrogen and oxygen atoms in total. The first kappa shape index (κ1) is 12.1. The molecule has 0 bridgehead atoms. The van der Waals surface area contributed by atoms with Gasteiger partial charge in [0.25, 0.3) is 0 Å². The first-order valence-electron chi connectivity index (χ1n) is 4.95. The minimum absolute atomic E-state index is 0.283. The van der Waals surface area contributed by atoms with Gasteiger partial charge in [-0.1, -0.05) is 5.21 Å². The molecular formula is C9H9F2N5O2. The van der Waals surface area contributed by atoms with Crippen molar-refractivity contribution in [3.8, 4) is 0 Å². The Balaban J connectivity index is 2.04. The van der Waals surface area contributed by atoms with Crippen LogP contribution in [0.15, 0.2) is 24.7 Å². The maximum atomic E-state index is 12.9. The van der Waals surface area contributed by atoms with Gasteiger partial charge in [-0.3, -0.25) is 4.68 Å².